The van der Waals surface area contributed by atoms with Gasteiger partial charge in [0.25, 0.3) is 0 Å². The van der Waals surface area contributed by atoms with Crippen molar-refractivity contribution in [3.05, 3.63) is 29.3 Å². The molecule has 4 nitrogen and oxygen atoms in total. The lowest BCUT2D eigenvalue weighted by molar-refractivity contribution is 0.0322. The van der Waals surface area contributed by atoms with Crippen molar-refractivity contribution < 1.29 is 9.47 Å². The molecule has 1 saturated heterocycles. The molecule has 1 aromatic carbocycles. The second kappa shape index (κ2) is 6.89. The zero-order valence-electron chi connectivity index (χ0n) is 11.9. The Kier molecular flexibility index (Phi) is 5.19. The molecule has 106 valence electrons. The number of nitrogens with zero attached hydrogens (tertiary/aromatic N) is 1. The lowest BCUT2D eigenvalue weighted by Crippen LogP contribution is -2.38. The number of hydrogen-bond acceptors (Lipinski definition) is 4. The van der Waals surface area contributed by atoms with E-state index in [-0.39, 0.29) is 6.04 Å². The van der Waals surface area contributed by atoms with Crippen LogP contribution < -0.4 is 10.5 Å². The molecule has 2 rings (SSSR count). The summed E-state index contributed by atoms with van der Waals surface area (Å²) in [5, 5.41) is 0. The first-order chi connectivity index (χ1) is 9.16. The number of rotatable bonds is 5. The molecule has 2 N–H and O–H groups in total. The van der Waals surface area contributed by atoms with Gasteiger partial charge in [-0.15, -0.1) is 0 Å². The number of nitrogens with two attached hydrogens (primary N) is 1. The Morgan fingerprint density at radius 3 is 2.79 bits per heavy atom. The maximum Gasteiger partial charge on any atom is 0.124 e. The van der Waals surface area contributed by atoms with Gasteiger partial charge in [-0.2, -0.15) is 0 Å². The molecule has 1 heterocycles. The summed E-state index contributed by atoms with van der Waals surface area (Å²) in [4.78, 5) is 2.36. The van der Waals surface area contributed by atoms with Crippen molar-refractivity contribution in [2.75, 3.05) is 39.5 Å². The summed E-state index contributed by atoms with van der Waals surface area (Å²) in [6, 6.07) is 6.19. The number of ether oxygens (including phenoxy) is 2. The molecule has 0 aliphatic carbocycles. The average Bonchev–Trinajstić information content (AvgIpc) is 2.41. The van der Waals surface area contributed by atoms with Crippen molar-refractivity contribution in [3.63, 3.8) is 0 Å². The van der Waals surface area contributed by atoms with Gasteiger partial charge in [0.05, 0.1) is 13.2 Å². The normalized spacial score (nSPS) is 18.3. The van der Waals surface area contributed by atoms with Crippen LogP contribution >= 0.6 is 0 Å². The van der Waals surface area contributed by atoms with Crippen molar-refractivity contribution in [2.24, 2.45) is 5.73 Å². The molecule has 0 aromatic heterocycles. The third-order valence-electron chi connectivity index (χ3n) is 3.42. The summed E-state index contributed by atoms with van der Waals surface area (Å²) < 4.78 is 11.2. The highest BCUT2D eigenvalue weighted by Gasteiger charge is 2.11. The van der Waals surface area contributed by atoms with Gasteiger partial charge in [0.15, 0.2) is 0 Å². The number of benzene rings is 1. The molecule has 0 spiro atoms. The van der Waals surface area contributed by atoms with E-state index in [2.05, 4.69) is 24.0 Å². The van der Waals surface area contributed by atoms with Crippen LogP contribution in [0.2, 0.25) is 0 Å². The number of aryl methyl sites for hydroxylation is 1. The summed E-state index contributed by atoms with van der Waals surface area (Å²) >= 11 is 0. The fourth-order valence-corrected chi connectivity index (χ4v) is 2.26. The summed E-state index contributed by atoms with van der Waals surface area (Å²) in [5.74, 6) is 0.911. The Bertz CT molecular complexity index is 401. The monoisotopic (exact) mass is 264 g/mol. The van der Waals surface area contributed by atoms with Gasteiger partial charge in [0.2, 0.25) is 0 Å². The summed E-state index contributed by atoms with van der Waals surface area (Å²) in [6.07, 6.45) is 0. The topological polar surface area (TPSA) is 47.7 Å². The molecule has 0 unspecified atom stereocenters. The molecule has 1 aromatic rings. The quantitative estimate of drug-likeness (QED) is 0.880. The molecule has 0 saturated carbocycles. The first kappa shape index (κ1) is 14.3. The first-order valence-electron chi connectivity index (χ1n) is 6.96. The molecule has 1 atom stereocenters. The maximum atomic E-state index is 5.99. The third-order valence-corrected chi connectivity index (χ3v) is 3.42. The Hall–Kier alpha value is -1.10. The predicted octanol–water partition coefficient (Wildman–Crippen LogP) is 1.73. The molecular weight excluding hydrogens is 240 g/mol. The van der Waals surface area contributed by atoms with Gasteiger partial charge in [0, 0.05) is 31.2 Å². The highest BCUT2D eigenvalue weighted by atomic mass is 16.5. The van der Waals surface area contributed by atoms with E-state index in [1.165, 1.54) is 5.56 Å². The van der Waals surface area contributed by atoms with Crippen LogP contribution in [0.25, 0.3) is 0 Å². The Labute approximate surface area is 115 Å². The van der Waals surface area contributed by atoms with E-state index >= 15 is 0 Å². The number of morpholine rings is 1. The smallest absolute Gasteiger partial charge is 0.124 e. The minimum absolute atomic E-state index is 0.00159. The van der Waals surface area contributed by atoms with Crippen LogP contribution in [0.4, 0.5) is 0 Å². The van der Waals surface area contributed by atoms with E-state index in [9.17, 15) is 0 Å². The van der Waals surface area contributed by atoms with Gasteiger partial charge in [-0.3, -0.25) is 4.90 Å². The van der Waals surface area contributed by atoms with Crippen LogP contribution in [0.1, 0.15) is 24.1 Å². The SMILES string of the molecule is Cc1ccc(OCCN2CCOCC2)c([C@H](C)N)c1. The third kappa shape index (κ3) is 4.20. The average molecular weight is 264 g/mol. The van der Waals surface area contributed by atoms with Crippen LogP contribution in [-0.4, -0.2) is 44.4 Å². The summed E-state index contributed by atoms with van der Waals surface area (Å²) in [5.41, 5.74) is 8.29. The van der Waals surface area contributed by atoms with Gasteiger partial charge in [-0.25, -0.2) is 0 Å². The van der Waals surface area contributed by atoms with Crippen molar-refractivity contribution in [1.82, 2.24) is 4.90 Å². The van der Waals surface area contributed by atoms with E-state index < -0.39 is 0 Å². The van der Waals surface area contributed by atoms with Gasteiger partial charge in [-0.05, 0) is 19.9 Å². The predicted molar refractivity (Wildman–Crippen MR) is 76.5 cm³/mol. The zero-order valence-corrected chi connectivity index (χ0v) is 11.9. The van der Waals surface area contributed by atoms with Crippen LogP contribution in [0, 0.1) is 6.92 Å². The molecule has 1 fully saturated rings. The fourth-order valence-electron chi connectivity index (χ4n) is 2.26. The Balaban J connectivity index is 1.88. The highest BCUT2D eigenvalue weighted by Crippen LogP contribution is 2.24. The van der Waals surface area contributed by atoms with E-state index in [0.717, 1.165) is 44.2 Å². The van der Waals surface area contributed by atoms with Crippen LogP contribution in [0.3, 0.4) is 0 Å². The van der Waals surface area contributed by atoms with Crippen LogP contribution in [-0.2, 0) is 4.74 Å². The second-order valence-corrected chi connectivity index (χ2v) is 5.13. The Morgan fingerprint density at radius 1 is 1.37 bits per heavy atom. The summed E-state index contributed by atoms with van der Waals surface area (Å²) in [6.45, 7) is 9.35. The molecule has 0 radical (unpaired) electrons. The Morgan fingerprint density at radius 2 is 2.11 bits per heavy atom. The van der Waals surface area contributed by atoms with E-state index in [1.54, 1.807) is 0 Å². The lowest BCUT2D eigenvalue weighted by atomic mass is 10.1. The van der Waals surface area contributed by atoms with E-state index in [4.69, 9.17) is 15.2 Å². The molecular formula is C15H24N2O2. The van der Waals surface area contributed by atoms with E-state index in [0.29, 0.717) is 6.61 Å². The van der Waals surface area contributed by atoms with Crippen molar-refractivity contribution >= 4 is 0 Å². The molecule has 0 amide bonds. The van der Waals surface area contributed by atoms with Crippen LogP contribution in [0.5, 0.6) is 5.75 Å². The molecule has 1 aliphatic rings. The van der Waals surface area contributed by atoms with Crippen molar-refractivity contribution in [2.45, 2.75) is 19.9 Å². The molecule has 19 heavy (non-hydrogen) atoms. The van der Waals surface area contributed by atoms with Gasteiger partial charge in [-0.1, -0.05) is 17.7 Å². The standard InChI is InChI=1S/C15H24N2O2/c1-12-3-4-15(14(11-12)13(2)16)19-10-7-17-5-8-18-9-6-17/h3-4,11,13H,5-10,16H2,1-2H3/t13-/m0/s1. The molecule has 1 aliphatic heterocycles. The first-order valence-corrected chi connectivity index (χ1v) is 6.96. The second-order valence-electron chi connectivity index (χ2n) is 5.13. The summed E-state index contributed by atoms with van der Waals surface area (Å²) in [7, 11) is 0. The maximum absolute atomic E-state index is 5.99. The fraction of sp³-hybridized carbons (Fsp3) is 0.600. The molecule has 4 heteroatoms. The molecule has 0 bridgehead atoms. The highest BCUT2D eigenvalue weighted by molar-refractivity contribution is 5.38. The van der Waals surface area contributed by atoms with Gasteiger partial charge >= 0.3 is 0 Å². The minimum atomic E-state index is -0.00159. The van der Waals surface area contributed by atoms with Gasteiger partial charge < -0.3 is 15.2 Å². The lowest BCUT2D eigenvalue weighted by Gasteiger charge is -2.26. The largest absolute Gasteiger partial charge is 0.492 e. The zero-order chi connectivity index (χ0) is 13.7. The van der Waals surface area contributed by atoms with Gasteiger partial charge in [0.1, 0.15) is 12.4 Å². The van der Waals surface area contributed by atoms with E-state index in [1.807, 2.05) is 13.0 Å². The number of hydrogen-bond donors (Lipinski definition) is 1. The van der Waals surface area contributed by atoms with Crippen LogP contribution in [0.15, 0.2) is 18.2 Å². The van der Waals surface area contributed by atoms with Crippen molar-refractivity contribution in [3.8, 4) is 5.75 Å². The van der Waals surface area contributed by atoms with Crippen molar-refractivity contribution in [1.29, 1.82) is 0 Å². The minimum Gasteiger partial charge on any atom is -0.492 e.